The largest absolute Gasteiger partial charge is 0.330 e. The highest BCUT2D eigenvalue weighted by Crippen LogP contribution is 2.50. The van der Waals surface area contributed by atoms with Crippen molar-refractivity contribution in [3.8, 4) is 0 Å². The van der Waals surface area contributed by atoms with E-state index in [0.29, 0.717) is 6.54 Å². The van der Waals surface area contributed by atoms with Gasteiger partial charge in [0.1, 0.15) is 15.3 Å². The fraction of sp³-hybridized carbons (Fsp3) is 0.917. The molecule has 0 heterocycles. The third-order valence-electron chi connectivity index (χ3n) is 4.12. The van der Waals surface area contributed by atoms with E-state index in [1.165, 1.54) is 6.26 Å². The monoisotopic (exact) mass is 248 g/mol. The van der Waals surface area contributed by atoms with E-state index in [1.807, 2.05) is 34.6 Å². The molecule has 0 amide bonds. The fourth-order valence-electron chi connectivity index (χ4n) is 1.96. The number of sulfone groups is 1. The van der Waals surface area contributed by atoms with Crippen molar-refractivity contribution in [2.75, 3.05) is 18.6 Å². The molecule has 0 aliphatic carbocycles. The Morgan fingerprint density at radius 2 is 1.44 bits per heavy atom. The van der Waals surface area contributed by atoms with Gasteiger partial charge in [-0.1, -0.05) is 27.7 Å². The molecular weight excluding hydrogens is 222 g/mol. The molecule has 0 saturated heterocycles. The number of nitrogens with two attached hydrogens (primary N) is 1. The van der Waals surface area contributed by atoms with E-state index < -0.39 is 20.7 Å². The van der Waals surface area contributed by atoms with Gasteiger partial charge in [-0.05, 0) is 6.92 Å². The molecule has 96 valence electrons. The summed E-state index contributed by atoms with van der Waals surface area (Å²) in [4.78, 5) is 0. The highest BCUT2D eigenvalue weighted by Gasteiger charge is 2.54. The average molecular weight is 248 g/mol. The maximum atomic E-state index is 11.4. The fourth-order valence-corrected chi connectivity index (χ4v) is 3.59. The third kappa shape index (κ3) is 3.14. The zero-order valence-electron chi connectivity index (χ0n) is 11.4. The molecule has 0 aliphatic heterocycles. The second-order valence-electron chi connectivity index (χ2n) is 6.37. The minimum absolute atomic E-state index is 0.128. The van der Waals surface area contributed by atoms with Gasteiger partial charge in [0.05, 0.1) is 12.7 Å². The summed E-state index contributed by atoms with van der Waals surface area (Å²) in [6.07, 6.45) is 1.26. The molecule has 0 aromatic heterocycles. The van der Waals surface area contributed by atoms with Crippen LogP contribution in [-0.2, 0) is 9.84 Å². The van der Waals surface area contributed by atoms with Crippen LogP contribution < -0.4 is 5.73 Å². The van der Waals surface area contributed by atoms with E-state index in [9.17, 15) is 8.42 Å². The summed E-state index contributed by atoms with van der Waals surface area (Å²) in [5.41, 5.74) is 4.74. The van der Waals surface area contributed by atoms with Gasteiger partial charge in [-0.25, -0.2) is 8.42 Å². The molecule has 4 heteroatoms. The van der Waals surface area contributed by atoms with Crippen molar-refractivity contribution < 1.29 is 8.42 Å². The Morgan fingerprint density at radius 3 is 1.69 bits per heavy atom. The molecule has 3 nitrogen and oxygen atoms in total. The normalized spacial score (nSPS) is 18.2. The van der Waals surface area contributed by atoms with Gasteiger partial charge >= 0.3 is 0 Å². The molecular formula is C12H26NO2S+. The van der Waals surface area contributed by atoms with Crippen LogP contribution in [0.3, 0.4) is 0 Å². The van der Waals surface area contributed by atoms with E-state index in [-0.39, 0.29) is 11.2 Å². The molecule has 0 rings (SSSR count). The van der Waals surface area contributed by atoms with Crippen molar-refractivity contribution in [2.24, 2.45) is 22.0 Å². The minimum atomic E-state index is -3.01. The Hall–Kier alpha value is -0.220. The van der Waals surface area contributed by atoms with Crippen molar-refractivity contribution in [1.29, 1.82) is 0 Å². The van der Waals surface area contributed by atoms with E-state index in [0.717, 1.165) is 0 Å². The van der Waals surface area contributed by atoms with Gasteiger partial charge in [0.2, 0.25) is 0 Å². The number of hydrogen-bond acceptors (Lipinski definition) is 3. The van der Waals surface area contributed by atoms with E-state index in [2.05, 4.69) is 6.92 Å². The molecule has 0 aliphatic rings. The van der Waals surface area contributed by atoms with E-state index >= 15 is 0 Å². The first-order chi connectivity index (χ1) is 6.77. The van der Waals surface area contributed by atoms with Crippen LogP contribution in [0.2, 0.25) is 0 Å². The highest BCUT2D eigenvalue weighted by atomic mass is 32.2. The van der Waals surface area contributed by atoms with Crippen molar-refractivity contribution in [1.82, 2.24) is 0 Å². The molecule has 1 unspecified atom stereocenters. The van der Waals surface area contributed by atoms with Gasteiger partial charge in [-0.3, -0.25) is 0 Å². The molecule has 2 N–H and O–H groups in total. The summed E-state index contributed by atoms with van der Waals surface area (Å²) >= 11 is 0. The molecule has 0 saturated carbocycles. The molecule has 1 atom stereocenters. The number of hydrogen-bond donors (Lipinski definition) is 1. The van der Waals surface area contributed by atoms with Crippen LogP contribution in [0.15, 0.2) is 0 Å². The van der Waals surface area contributed by atoms with Crippen LogP contribution in [0.5, 0.6) is 0 Å². The second kappa shape index (κ2) is 4.22. The summed E-state index contributed by atoms with van der Waals surface area (Å²) in [7, 11) is -3.01. The average Bonchev–Trinajstić information content (AvgIpc) is 1.99. The molecule has 0 aromatic carbocycles. The Kier molecular flexibility index (Phi) is 4.16. The van der Waals surface area contributed by atoms with E-state index in [4.69, 9.17) is 5.73 Å². The maximum Gasteiger partial charge on any atom is 0.148 e. The predicted octanol–water partition coefficient (Wildman–Crippen LogP) is 1.88. The summed E-state index contributed by atoms with van der Waals surface area (Å²) < 4.78 is 22.9. The van der Waals surface area contributed by atoms with Gasteiger partial charge in [-0.15, -0.1) is 0 Å². The van der Waals surface area contributed by atoms with Crippen molar-refractivity contribution in [2.45, 2.75) is 34.6 Å². The second-order valence-corrected chi connectivity index (χ2v) is 8.51. The van der Waals surface area contributed by atoms with Crippen LogP contribution in [0, 0.1) is 23.2 Å². The van der Waals surface area contributed by atoms with Crippen molar-refractivity contribution in [3.63, 3.8) is 0 Å². The Balaban J connectivity index is 5.30. The topological polar surface area (TPSA) is 60.2 Å². The van der Waals surface area contributed by atoms with Gasteiger partial charge in [-0.2, -0.15) is 0 Å². The van der Waals surface area contributed by atoms with Crippen LogP contribution in [0.25, 0.3) is 0 Å². The summed E-state index contributed by atoms with van der Waals surface area (Å²) in [5, 5.41) is 0. The Labute approximate surface area is 101 Å². The summed E-state index contributed by atoms with van der Waals surface area (Å²) in [6, 6.07) is 0. The lowest BCUT2D eigenvalue weighted by molar-refractivity contribution is 0.0284. The summed E-state index contributed by atoms with van der Waals surface area (Å²) in [6.45, 7) is 14.7. The molecule has 0 radical (unpaired) electrons. The quantitative estimate of drug-likeness (QED) is 0.756. The van der Waals surface area contributed by atoms with Crippen LogP contribution in [0.1, 0.15) is 34.6 Å². The lowest BCUT2D eigenvalue weighted by Crippen LogP contribution is -2.50. The lowest BCUT2D eigenvalue weighted by atomic mass is 9.55. The van der Waals surface area contributed by atoms with Crippen molar-refractivity contribution in [3.05, 3.63) is 6.92 Å². The molecule has 0 aromatic rings. The molecule has 0 fully saturated rings. The maximum absolute atomic E-state index is 11.4. The Bertz CT molecular complexity index is 340. The number of rotatable bonds is 5. The first kappa shape index (κ1) is 15.8. The van der Waals surface area contributed by atoms with Gasteiger partial charge in [0.25, 0.3) is 0 Å². The Morgan fingerprint density at radius 1 is 1.06 bits per heavy atom. The SMILES string of the molecule is [CH2+]C(C)(C(C)(C)CN)C(C)(C)CS(C)(=O)=O. The van der Waals surface area contributed by atoms with Gasteiger partial charge in [0.15, 0.2) is 0 Å². The van der Waals surface area contributed by atoms with E-state index in [1.54, 1.807) is 0 Å². The molecule has 0 bridgehead atoms. The zero-order chi connectivity index (χ0) is 13.4. The molecule has 16 heavy (non-hydrogen) atoms. The van der Waals surface area contributed by atoms with Crippen LogP contribution in [0.4, 0.5) is 0 Å². The third-order valence-corrected chi connectivity index (χ3v) is 5.37. The van der Waals surface area contributed by atoms with Crippen molar-refractivity contribution >= 4 is 9.84 Å². The smallest absolute Gasteiger partial charge is 0.148 e. The molecule has 0 spiro atoms. The first-order valence-electron chi connectivity index (χ1n) is 5.50. The summed E-state index contributed by atoms with van der Waals surface area (Å²) in [5.74, 6) is 0.128. The lowest BCUT2D eigenvalue weighted by Gasteiger charge is -2.45. The van der Waals surface area contributed by atoms with Gasteiger partial charge < -0.3 is 5.73 Å². The predicted molar refractivity (Wildman–Crippen MR) is 69.8 cm³/mol. The van der Waals surface area contributed by atoms with Gasteiger partial charge in [0, 0.05) is 23.6 Å². The minimum Gasteiger partial charge on any atom is -0.330 e. The highest BCUT2D eigenvalue weighted by molar-refractivity contribution is 7.90. The zero-order valence-corrected chi connectivity index (χ0v) is 12.2. The van der Waals surface area contributed by atoms with Crippen LogP contribution >= 0.6 is 0 Å². The first-order valence-corrected chi connectivity index (χ1v) is 7.56. The van der Waals surface area contributed by atoms with Crippen LogP contribution in [-0.4, -0.2) is 27.0 Å². The standard InChI is InChI=1S/C12H26NO2S/c1-10(2,8-13)12(5,6)11(3,4)9-16(7,14)15/h5,8-9,13H2,1-4,6-7H3/q+1.